The molecule has 106 valence electrons. The Balaban J connectivity index is 2.30. The van der Waals surface area contributed by atoms with Gasteiger partial charge in [0, 0.05) is 6.20 Å². The molecule has 1 aromatic heterocycles. The zero-order chi connectivity index (χ0) is 14.9. The van der Waals surface area contributed by atoms with Crippen molar-refractivity contribution in [3.63, 3.8) is 0 Å². The van der Waals surface area contributed by atoms with Crippen molar-refractivity contribution in [1.29, 1.82) is 0 Å². The van der Waals surface area contributed by atoms with Crippen molar-refractivity contribution in [3.05, 3.63) is 63.5 Å². The van der Waals surface area contributed by atoms with Crippen LogP contribution in [-0.2, 0) is 6.42 Å². The molecule has 0 amide bonds. The van der Waals surface area contributed by atoms with Crippen LogP contribution in [0.4, 0.5) is 0 Å². The van der Waals surface area contributed by atoms with Gasteiger partial charge in [0.15, 0.2) is 0 Å². The molecule has 1 heterocycles. The number of pyridine rings is 1. The number of aryl methyl sites for hydroxylation is 5. The maximum atomic E-state index is 6.39. The lowest BCUT2D eigenvalue weighted by atomic mass is 9.92. The Morgan fingerprint density at radius 2 is 1.45 bits per heavy atom. The smallest absolute Gasteiger partial charge is 0.0603 e. The lowest BCUT2D eigenvalue weighted by Gasteiger charge is -2.18. The van der Waals surface area contributed by atoms with Crippen LogP contribution in [0.25, 0.3) is 0 Å². The maximum Gasteiger partial charge on any atom is 0.0603 e. The Bertz CT molecular complexity index is 606. The molecule has 2 aromatic rings. The van der Waals surface area contributed by atoms with Gasteiger partial charge < -0.3 is 5.73 Å². The first kappa shape index (κ1) is 14.7. The zero-order valence-corrected chi connectivity index (χ0v) is 13.1. The summed E-state index contributed by atoms with van der Waals surface area (Å²) in [5.41, 5.74) is 15.1. The van der Waals surface area contributed by atoms with Crippen molar-refractivity contribution in [3.8, 4) is 0 Å². The van der Waals surface area contributed by atoms with E-state index in [-0.39, 0.29) is 6.04 Å². The minimum Gasteiger partial charge on any atom is -0.322 e. The van der Waals surface area contributed by atoms with Crippen LogP contribution in [0.3, 0.4) is 0 Å². The van der Waals surface area contributed by atoms with Crippen LogP contribution in [0.5, 0.6) is 0 Å². The van der Waals surface area contributed by atoms with Crippen LogP contribution in [0.1, 0.15) is 45.1 Å². The summed E-state index contributed by atoms with van der Waals surface area (Å²) in [7, 11) is 0. The van der Waals surface area contributed by atoms with Crippen molar-refractivity contribution >= 4 is 0 Å². The van der Waals surface area contributed by atoms with E-state index in [9.17, 15) is 0 Å². The van der Waals surface area contributed by atoms with Crippen molar-refractivity contribution in [1.82, 2.24) is 4.98 Å². The number of hydrogen-bond donors (Lipinski definition) is 1. The highest BCUT2D eigenvalue weighted by Gasteiger charge is 2.14. The highest BCUT2D eigenvalue weighted by Crippen LogP contribution is 2.23. The van der Waals surface area contributed by atoms with Gasteiger partial charge in [0.1, 0.15) is 0 Å². The maximum absolute atomic E-state index is 6.39. The molecule has 0 aliphatic heterocycles. The quantitative estimate of drug-likeness (QED) is 0.918. The number of hydrogen-bond acceptors (Lipinski definition) is 2. The molecule has 2 N–H and O–H groups in total. The van der Waals surface area contributed by atoms with Gasteiger partial charge in [-0.05, 0) is 68.9 Å². The molecular weight excluding hydrogens is 244 g/mol. The van der Waals surface area contributed by atoms with E-state index in [2.05, 4.69) is 57.8 Å². The van der Waals surface area contributed by atoms with Gasteiger partial charge in [0.2, 0.25) is 0 Å². The van der Waals surface area contributed by atoms with Crippen molar-refractivity contribution in [2.24, 2.45) is 5.73 Å². The molecule has 0 spiro atoms. The third-order valence-corrected chi connectivity index (χ3v) is 3.87. The van der Waals surface area contributed by atoms with Gasteiger partial charge in [0.25, 0.3) is 0 Å². The third kappa shape index (κ3) is 3.07. The van der Waals surface area contributed by atoms with Gasteiger partial charge in [-0.25, -0.2) is 0 Å². The first-order valence-corrected chi connectivity index (χ1v) is 7.14. The summed E-state index contributed by atoms with van der Waals surface area (Å²) < 4.78 is 0. The van der Waals surface area contributed by atoms with Gasteiger partial charge in [-0.15, -0.1) is 0 Å². The lowest BCUT2D eigenvalue weighted by Crippen LogP contribution is -2.17. The molecule has 0 saturated heterocycles. The number of nitrogens with zero attached hydrogens (tertiary/aromatic N) is 1. The summed E-state index contributed by atoms with van der Waals surface area (Å²) in [5, 5.41) is 0. The molecule has 0 saturated carbocycles. The largest absolute Gasteiger partial charge is 0.322 e. The summed E-state index contributed by atoms with van der Waals surface area (Å²) in [4.78, 5) is 4.53. The topological polar surface area (TPSA) is 38.9 Å². The predicted octanol–water partition coefficient (Wildman–Crippen LogP) is 3.87. The molecule has 1 aromatic carbocycles. The van der Waals surface area contributed by atoms with Gasteiger partial charge >= 0.3 is 0 Å². The summed E-state index contributed by atoms with van der Waals surface area (Å²) in [6.45, 7) is 10.6. The van der Waals surface area contributed by atoms with Crippen LogP contribution < -0.4 is 5.73 Å². The predicted molar refractivity (Wildman–Crippen MR) is 85.0 cm³/mol. The molecule has 2 rings (SSSR count). The fraction of sp³-hybridized carbons (Fsp3) is 0.389. The summed E-state index contributed by atoms with van der Waals surface area (Å²) in [6.07, 6.45) is 2.74. The fourth-order valence-corrected chi connectivity index (χ4v) is 2.96. The summed E-state index contributed by atoms with van der Waals surface area (Å²) in [5.74, 6) is 0. The first-order valence-electron chi connectivity index (χ1n) is 7.14. The van der Waals surface area contributed by atoms with E-state index in [1.165, 1.54) is 33.4 Å². The van der Waals surface area contributed by atoms with E-state index in [0.717, 1.165) is 12.1 Å². The van der Waals surface area contributed by atoms with Crippen LogP contribution in [0.2, 0.25) is 0 Å². The van der Waals surface area contributed by atoms with E-state index in [1.807, 2.05) is 6.20 Å². The van der Waals surface area contributed by atoms with Crippen LogP contribution in [-0.4, -0.2) is 4.98 Å². The number of aromatic nitrogens is 1. The second kappa shape index (κ2) is 5.76. The zero-order valence-electron chi connectivity index (χ0n) is 13.1. The lowest BCUT2D eigenvalue weighted by molar-refractivity contribution is 0.684. The fourth-order valence-electron chi connectivity index (χ4n) is 2.96. The third-order valence-electron chi connectivity index (χ3n) is 3.87. The molecule has 0 aliphatic rings. The molecule has 0 bridgehead atoms. The minimum absolute atomic E-state index is 0.0456. The van der Waals surface area contributed by atoms with Crippen molar-refractivity contribution < 1.29 is 0 Å². The Morgan fingerprint density at radius 1 is 0.900 bits per heavy atom. The van der Waals surface area contributed by atoms with Gasteiger partial charge in [-0.2, -0.15) is 0 Å². The highest BCUT2D eigenvalue weighted by molar-refractivity contribution is 5.39. The summed E-state index contributed by atoms with van der Waals surface area (Å²) in [6, 6.07) is 6.56. The van der Waals surface area contributed by atoms with Gasteiger partial charge in [0.05, 0.1) is 11.7 Å². The molecule has 0 fully saturated rings. The van der Waals surface area contributed by atoms with E-state index >= 15 is 0 Å². The average molecular weight is 268 g/mol. The molecule has 2 nitrogen and oxygen atoms in total. The van der Waals surface area contributed by atoms with E-state index in [4.69, 9.17) is 5.73 Å². The molecule has 1 atom stereocenters. The monoisotopic (exact) mass is 268 g/mol. The standard InChI is InChI=1S/C18H24N2/c1-11-6-13(3)16(14(4)7-11)9-17(19)18-15(5)8-12(2)10-20-18/h6-8,10,17H,9,19H2,1-5H3. The number of rotatable bonds is 3. The summed E-state index contributed by atoms with van der Waals surface area (Å²) >= 11 is 0. The average Bonchev–Trinajstić information content (AvgIpc) is 2.33. The normalized spacial score (nSPS) is 12.5. The molecule has 1 unspecified atom stereocenters. The molecule has 0 radical (unpaired) electrons. The molecule has 0 aliphatic carbocycles. The second-order valence-corrected chi connectivity index (χ2v) is 5.90. The van der Waals surface area contributed by atoms with E-state index in [1.54, 1.807) is 0 Å². The van der Waals surface area contributed by atoms with Crippen LogP contribution >= 0.6 is 0 Å². The molecule has 20 heavy (non-hydrogen) atoms. The number of benzene rings is 1. The Morgan fingerprint density at radius 3 is 2.00 bits per heavy atom. The Kier molecular flexibility index (Phi) is 4.24. The van der Waals surface area contributed by atoms with Crippen LogP contribution in [0, 0.1) is 34.6 Å². The second-order valence-electron chi connectivity index (χ2n) is 5.90. The molecule has 2 heteroatoms. The minimum atomic E-state index is -0.0456. The van der Waals surface area contributed by atoms with Crippen molar-refractivity contribution in [2.45, 2.75) is 47.1 Å². The van der Waals surface area contributed by atoms with Gasteiger partial charge in [-0.3, -0.25) is 4.98 Å². The number of nitrogens with two attached hydrogens (primary N) is 1. The van der Waals surface area contributed by atoms with Gasteiger partial charge in [-0.1, -0.05) is 23.8 Å². The first-order chi connectivity index (χ1) is 9.38. The molecular formula is C18H24N2. The van der Waals surface area contributed by atoms with E-state index < -0.39 is 0 Å². The Hall–Kier alpha value is -1.67. The van der Waals surface area contributed by atoms with Crippen LogP contribution in [0.15, 0.2) is 24.4 Å². The highest BCUT2D eigenvalue weighted by atomic mass is 14.8. The Labute approximate surface area is 122 Å². The van der Waals surface area contributed by atoms with E-state index in [0.29, 0.717) is 0 Å². The van der Waals surface area contributed by atoms with Crippen molar-refractivity contribution in [2.75, 3.05) is 0 Å². The SMILES string of the molecule is Cc1cnc(C(N)Cc2c(C)cc(C)cc2C)c(C)c1.